The Kier molecular flexibility index (Phi) is 2.11. The fourth-order valence-corrected chi connectivity index (χ4v) is 1.11. The summed E-state index contributed by atoms with van der Waals surface area (Å²) in [5, 5.41) is -0.648. The number of allylic oxidation sites excluding steroid dienone is 2. The van der Waals surface area contributed by atoms with Crippen molar-refractivity contribution in [2.24, 2.45) is 0 Å². The van der Waals surface area contributed by atoms with E-state index in [0.29, 0.717) is 0 Å². The summed E-state index contributed by atoms with van der Waals surface area (Å²) < 4.78 is 0. The molecule has 0 aromatic rings. The van der Waals surface area contributed by atoms with Crippen LogP contribution in [0, 0.1) is 0 Å². The highest BCUT2D eigenvalue weighted by atomic mass is 35.5. The van der Waals surface area contributed by atoms with E-state index >= 15 is 0 Å². The van der Waals surface area contributed by atoms with Gasteiger partial charge in [0.05, 0.1) is 11.5 Å². The van der Waals surface area contributed by atoms with Crippen LogP contribution in [0.15, 0.2) is 11.1 Å². The second kappa shape index (κ2) is 2.72. The van der Waals surface area contributed by atoms with Crippen molar-refractivity contribution in [3.63, 3.8) is 0 Å². The first-order chi connectivity index (χ1) is 4.61. The van der Waals surface area contributed by atoms with Crippen molar-refractivity contribution in [3.8, 4) is 0 Å². The highest BCUT2D eigenvalue weighted by molar-refractivity contribution is 6.47. The summed E-state index contributed by atoms with van der Waals surface area (Å²) in [5.74, 6) is -0.625. The zero-order chi connectivity index (χ0) is 7.72. The molecule has 0 fully saturated rings. The minimum Gasteiger partial charge on any atom is -0.297 e. The summed E-state index contributed by atoms with van der Waals surface area (Å²) >= 11 is 10.9. The summed E-state index contributed by atoms with van der Waals surface area (Å²) in [4.78, 5) is 21.4. The normalized spacial score (nSPS) is 26.6. The van der Waals surface area contributed by atoms with E-state index in [9.17, 15) is 9.59 Å². The number of ketones is 2. The second-order valence-corrected chi connectivity index (χ2v) is 2.86. The Bertz CT molecular complexity index is 220. The summed E-state index contributed by atoms with van der Waals surface area (Å²) in [7, 11) is 0. The fraction of sp³-hybridized carbons (Fsp3) is 0.333. The van der Waals surface area contributed by atoms with Crippen molar-refractivity contribution >= 4 is 34.8 Å². The lowest BCUT2D eigenvalue weighted by Gasteiger charge is -2.08. The van der Waals surface area contributed by atoms with Crippen LogP contribution in [0.5, 0.6) is 0 Å². The molecule has 1 unspecified atom stereocenters. The first kappa shape index (κ1) is 7.76. The molecular formula is C6H4Cl2O2. The van der Waals surface area contributed by atoms with Crippen LogP contribution in [0.1, 0.15) is 6.42 Å². The number of rotatable bonds is 0. The van der Waals surface area contributed by atoms with E-state index in [0.717, 1.165) is 0 Å². The van der Waals surface area contributed by atoms with E-state index in [1.54, 1.807) is 0 Å². The first-order valence-corrected chi connectivity index (χ1v) is 3.50. The summed E-state index contributed by atoms with van der Waals surface area (Å²) in [6.45, 7) is 0. The Labute approximate surface area is 67.8 Å². The molecule has 2 nitrogen and oxygen atoms in total. The van der Waals surface area contributed by atoms with Gasteiger partial charge in [0.1, 0.15) is 5.38 Å². The van der Waals surface area contributed by atoms with E-state index in [-0.39, 0.29) is 23.0 Å². The van der Waals surface area contributed by atoms with E-state index in [2.05, 4.69) is 0 Å². The fourth-order valence-electron chi connectivity index (χ4n) is 0.655. The maximum Gasteiger partial charge on any atom is 0.181 e. The van der Waals surface area contributed by atoms with Crippen molar-refractivity contribution in [3.05, 3.63) is 11.1 Å². The number of carbonyl (C=O) groups excluding carboxylic acids is 2. The zero-order valence-electron chi connectivity index (χ0n) is 4.93. The van der Waals surface area contributed by atoms with E-state index in [1.807, 2.05) is 0 Å². The van der Waals surface area contributed by atoms with Gasteiger partial charge in [0, 0.05) is 0 Å². The smallest absolute Gasteiger partial charge is 0.181 e. The van der Waals surface area contributed by atoms with Crippen LogP contribution in [0.25, 0.3) is 0 Å². The number of carbonyl (C=O) groups is 2. The third kappa shape index (κ3) is 1.39. The molecule has 1 aliphatic carbocycles. The van der Waals surface area contributed by atoms with Crippen LogP contribution in [0.2, 0.25) is 0 Å². The van der Waals surface area contributed by atoms with Crippen LogP contribution in [0.3, 0.4) is 0 Å². The van der Waals surface area contributed by atoms with Crippen LogP contribution < -0.4 is 0 Å². The lowest BCUT2D eigenvalue weighted by atomic mass is 10.1. The van der Waals surface area contributed by atoms with Gasteiger partial charge in [-0.3, -0.25) is 9.59 Å². The molecule has 0 saturated carbocycles. The largest absolute Gasteiger partial charge is 0.297 e. The molecule has 54 valence electrons. The maximum atomic E-state index is 10.7. The van der Waals surface area contributed by atoms with Crippen LogP contribution >= 0.6 is 23.2 Å². The SMILES string of the molecule is O=C1CC(=O)C(Cl)C=C1Cl. The van der Waals surface area contributed by atoms with Gasteiger partial charge >= 0.3 is 0 Å². The van der Waals surface area contributed by atoms with E-state index in [4.69, 9.17) is 23.2 Å². The van der Waals surface area contributed by atoms with Gasteiger partial charge in [-0.1, -0.05) is 11.6 Å². The molecule has 0 saturated heterocycles. The minimum atomic E-state index is -0.717. The van der Waals surface area contributed by atoms with Gasteiger partial charge in [0.15, 0.2) is 11.6 Å². The molecule has 0 N–H and O–H groups in total. The van der Waals surface area contributed by atoms with E-state index in [1.165, 1.54) is 6.08 Å². The molecule has 10 heavy (non-hydrogen) atoms. The number of Topliss-reactive ketones (excluding diaryl/α,β-unsaturated/α-hetero) is 2. The van der Waals surface area contributed by atoms with Crippen LogP contribution in [-0.2, 0) is 9.59 Å². The predicted octanol–water partition coefficient (Wildman–Crippen LogP) is 1.26. The minimum absolute atomic E-state index is 0.0691. The quantitative estimate of drug-likeness (QED) is 0.414. The Morgan fingerprint density at radius 1 is 1.50 bits per heavy atom. The average molecular weight is 179 g/mol. The van der Waals surface area contributed by atoms with Crippen molar-refractivity contribution < 1.29 is 9.59 Å². The molecular weight excluding hydrogens is 175 g/mol. The van der Waals surface area contributed by atoms with Gasteiger partial charge in [-0.25, -0.2) is 0 Å². The lowest BCUT2D eigenvalue weighted by Crippen LogP contribution is -2.22. The third-order valence-electron chi connectivity index (χ3n) is 1.20. The van der Waals surface area contributed by atoms with Gasteiger partial charge < -0.3 is 0 Å². The van der Waals surface area contributed by atoms with Crippen molar-refractivity contribution in [2.45, 2.75) is 11.8 Å². The molecule has 1 aliphatic rings. The third-order valence-corrected chi connectivity index (χ3v) is 1.91. The number of alkyl halides is 1. The first-order valence-electron chi connectivity index (χ1n) is 2.68. The molecule has 0 radical (unpaired) electrons. The topological polar surface area (TPSA) is 34.1 Å². The van der Waals surface area contributed by atoms with Gasteiger partial charge in [-0.15, -0.1) is 11.6 Å². The van der Waals surface area contributed by atoms with Gasteiger partial charge in [0.2, 0.25) is 0 Å². The molecule has 0 heterocycles. The van der Waals surface area contributed by atoms with Crippen molar-refractivity contribution in [2.75, 3.05) is 0 Å². The molecule has 0 spiro atoms. The summed E-state index contributed by atoms with van der Waals surface area (Å²) in [5.41, 5.74) is 0. The van der Waals surface area contributed by atoms with Crippen molar-refractivity contribution in [1.82, 2.24) is 0 Å². The summed E-state index contributed by atoms with van der Waals surface area (Å²) in [6.07, 6.45) is 1.10. The Morgan fingerprint density at radius 2 is 2.10 bits per heavy atom. The van der Waals surface area contributed by atoms with Crippen LogP contribution in [-0.4, -0.2) is 16.9 Å². The molecule has 0 bridgehead atoms. The highest BCUT2D eigenvalue weighted by Gasteiger charge is 2.24. The number of hydrogen-bond acceptors (Lipinski definition) is 2. The Morgan fingerprint density at radius 3 is 2.60 bits per heavy atom. The lowest BCUT2D eigenvalue weighted by molar-refractivity contribution is -0.124. The van der Waals surface area contributed by atoms with Gasteiger partial charge in [-0.2, -0.15) is 0 Å². The van der Waals surface area contributed by atoms with E-state index < -0.39 is 5.38 Å². The Balaban J connectivity index is 2.89. The van der Waals surface area contributed by atoms with Crippen LogP contribution in [0.4, 0.5) is 0 Å². The molecule has 1 rings (SSSR count). The molecule has 0 aromatic heterocycles. The van der Waals surface area contributed by atoms with Crippen molar-refractivity contribution in [1.29, 1.82) is 0 Å². The molecule has 1 atom stereocenters. The average Bonchev–Trinajstić information content (AvgIpc) is 1.84. The predicted molar refractivity (Wildman–Crippen MR) is 38.2 cm³/mol. The molecule has 0 amide bonds. The highest BCUT2D eigenvalue weighted by Crippen LogP contribution is 2.18. The molecule has 0 aromatic carbocycles. The maximum absolute atomic E-state index is 10.7. The molecule has 4 heteroatoms. The van der Waals surface area contributed by atoms with Gasteiger partial charge in [-0.05, 0) is 6.08 Å². The monoisotopic (exact) mass is 178 g/mol. The Hall–Kier alpha value is -0.340. The standard InChI is InChI=1S/C6H4Cl2O2/c7-3-1-4(8)6(10)2-5(3)9/h1,3H,2H2. The molecule has 0 aliphatic heterocycles. The second-order valence-electron chi connectivity index (χ2n) is 1.98. The zero-order valence-corrected chi connectivity index (χ0v) is 6.45. The summed E-state index contributed by atoms with van der Waals surface area (Å²) in [6, 6.07) is 0. The van der Waals surface area contributed by atoms with Gasteiger partial charge in [0.25, 0.3) is 0 Å². The number of hydrogen-bond donors (Lipinski definition) is 0. The number of halogens is 2.